The molecule has 0 saturated carbocycles. The summed E-state index contributed by atoms with van der Waals surface area (Å²) in [6.45, 7) is -0.684. The van der Waals surface area contributed by atoms with E-state index >= 15 is 0 Å². The monoisotopic (exact) mass is 277 g/mol. The van der Waals surface area contributed by atoms with Crippen LogP contribution in [0.5, 0.6) is 0 Å². The third-order valence-corrected chi connectivity index (χ3v) is 2.10. The van der Waals surface area contributed by atoms with Crippen molar-refractivity contribution in [3.05, 3.63) is 34.2 Å². The van der Waals surface area contributed by atoms with Gasteiger partial charge in [0.1, 0.15) is 6.54 Å². The first kappa shape index (κ1) is 14.7. The van der Waals surface area contributed by atoms with Crippen LogP contribution in [0.4, 0.5) is 18.0 Å². The third kappa shape index (κ3) is 4.12. The predicted octanol–water partition coefficient (Wildman–Crippen LogP) is 0.323. The molecule has 9 heteroatoms. The third-order valence-electron chi connectivity index (χ3n) is 2.10. The van der Waals surface area contributed by atoms with E-state index in [1.54, 1.807) is 0 Å². The van der Waals surface area contributed by atoms with E-state index in [1.165, 1.54) is 7.05 Å². The molecule has 0 aliphatic rings. The number of carbonyl (C=O) groups excluding carboxylic acids is 2. The van der Waals surface area contributed by atoms with Gasteiger partial charge in [0.25, 0.3) is 5.56 Å². The van der Waals surface area contributed by atoms with E-state index in [-0.39, 0.29) is 0 Å². The second-order valence-electron chi connectivity index (χ2n) is 3.51. The summed E-state index contributed by atoms with van der Waals surface area (Å²) in [5.41, 5.74) is -1.83. The molecule has 1 aromatic rings. The van der Waals surface area contributed by atoms with Gasteiger partial charge in [0.2, 0.25) is 5.91 Å². The van der Waals surface area contributed by atoms with Crippen LogP contribution in [0.3, 0.4) is 0 Å². The standard InChI is InChI=1S/C10H10F3N3O3/c1-14-9(19)15-7(17)5-16-4-6(10(11,12)13)2-3-8(16)18/h2-4H,5H2,1H3,(H2,14,15,17,19). The Bertz CT molecular complexity index is 551. The molecule has 0 aliphatic heterocycles. The van der Waals surface area contributed by atoms with Crippen LogP contribution in [0.2, 0.25) is 0 Å². The van der Waals surface area contributed by atoms with E-state index in [4.69, 9.17) is 0 Å². The van der Waals surface area contributed by atoms with Crippen LogP contribution < -0.4 is 16.2 Å². The number of alkyl halides is 3. The molecule has 0 aliphatic carbocycles. The molecule has 2 N–H and O–H groups in total. The van der Waals surface area contributed by atoms with Crippen LogP contribution in [0.1, 0.15) is 5.56 Å². The number of amides is 3. The Morgan fingerprint density at radius 2 is 1.95 bits per heavy atom. The van der Waals surface area contributed by atoms with Crippen molar-refractivity contribution in [2.75, 3.05) is 7.05 Å². The average molecular weight is 277 g/mol. The topological polar surface area (TPSA) is 80.2 Å². The zero-order valence-corrected chi connectivity index (χ0v) is 9.75. The lowest BCUT2D eigenvalue weighted by atomic mass is 10.3. The molecule has 19 heavy (non-hydrogen) atoms. The maximum absolute atomic E-state index is 12.4. The Kier molecular flexibility index (Phi) is 4.30. The fourth-order valence-electron chi connectivity index (χ4n) is 1.21. The van der Waals surface area contributed by atoms with Gasteiger partial charge in [-0.25, -0.2) is 4.79 Å². The van der Waals surface area contributed by atoms with E-state index in [2.05, 4.69) is 5.32 Å². The van der Waals surface area contributed by atoms with E-state index < -0.39 is 35.8 Å². The molecule has 0 atom stereocenters. The number of carbonyl (C=O) groups is 2. The molecular weight excluding hydrogens is 267 g/mol. The number of pyridine rings is 1. The van der Waals surface area contributed by atoms with Gasteiger partial charge in [0.05, 0.1) is 5.56 Å². The van der Waals surface area contributed by atoms with Gasteiger partial charge in [-0.1, -0.05) is 0 Å². The van der Waals surface area contributed by atoms with Crippen molar-refractivity contribution in [1.82, 2.24) is 15.2 Å². The highest BCUT2D eigenvalue weighted by molar-refractivity contribution is 5.93. The Labute approximate surface area is 105 Å². The molecule has 3 amide bonds. The van der Waals surface area contributed by atoms with Crippen molar-refractivity contribution in [1.29, 1.82) is 0 Å². The molecule has 0 saturated heterocycles. The highest BCUT2D eigenvalue weighted by Crippen LogP contribution is 2.27. The Morgan fingerprint density at radius 3 is 2.47 bits per heavy atom. The van der Waals surface area contributed by atoms with Crippen LogP contribution in [0.15, 0.2) is 23.1 Å². The van der Waals surface area contributed by atoms with E-state index in [1.807, 2.05) is 5.32 Å². The number of halogens is 3. The minimum absolute atomic E-state index is 0.520. The van der Waals surface area contributed by atoms with Crippen LogP contribution in [-0.4, -0.2) is 23.6 Å². The molecule has 0 fully saturated rings. The molecule has 1 heterocycles. The van der Waals surface area contributed by atoms with Gasteiger partial charge in [-0.3, -0.25) is 14.9 Å². The molecule has 0 aromatic carbocycles. The number of aromatic nitrogens is 1. The van der Waals surface area contributed by atoms with Crippen molar-refractivity contribution in [3.8, 4) is 0 Å². The number of nitrogens with zero attached hydrogens (tertiary/aromatic N) is 1. The summed E-state index contributed by atoms with van der Waals surface area (Å²) in [6, 6.07) is 0.510. The summed E-state index contributed by atoms with van der Waals surface area (Å²) in [4.78, 5) is 33.4. The molecule has 1 rings (SSSR count). The predicted molar refractivity (Wildman–Crippen MR) is 58.3 cm³/mol. The number of nitrogens with one attached hydrogen (secondary N) is 2. The first-order chi connectivity index (χ1) is 8.74. The zero-order valence-electron chi connectivity index (χ0n) is 9.75. The highest BCUT2D eigenvalue weighted by Gasteiger charge is 2.31. The first-order valence-corrected chi connectivity index (χ1v) is 5.03. The smallest absolute Gasteiger partial charge is 0.341 e. The van der Waals surface area contributed by atoms with E-state index in [0.717, 1.165) is 0 Å². The van der Waals surface area contributed by atoms with Gasteiger partial charge in [-0.05, 0) is 6.07 Å². The Morgan fingerprint density at radius 1 is 1.32 bits per heavy atom. The summed E-state index contributed by atoms with van der Waals surface area (Å²) in [5, 5.41) is 3.93. The zero-order chi connectivity index (χ0) is 14.6. The average Bonchev–Trinajstić information content (AvgIpc) is 2.30. The molecule has 0 spiro atoms. The van der Waals surface area contributed by atoms with Gasteiger partial charge in [-0.15, -0.1) is 0 Å². The van der Waals surface area contributed by atoms with Gasteiger partial charge in [0, 0.05) is 19.3 Å². The maximum Gasteiger partial charge on any atom is 0.417 e. The number of rotatable bonds is 2. The van der Waals surface area contributed by atoms with Gasteiger partial charge in [0.15, 0.2) is 0 Å². The Balaban J connectivity index is 2.92. The van der Waals surface area contributed by atoms with Crippen molar-refractivity contribution >= 4 is 11.9 Å². The van der Waals surface area contributed by atoms with Crippen molar-refractivity contribution in [2.45, 2.75) is 12.7 Å². The normalized spacial score (nSPS) is 10.9. The minimum atomic E-state index is -4.62. The number of imide groups is 1. The van der Waals surface area contributed by atoms with Crippen molar-refractivity contribution < 1.29 is 22.8 Å². The van der Waals surface area contributed by atoms with Crippen LogP contribution in [0.25, 0.3) is 0 Å². The molecule has 0 radical (unpaired) electrons. The van der Waals surface area contributed by atoms with Crippen LogP contribution in [-0.2, 0) is 17.5 Å². The summed E-state index contributed by atoms with van der Waals surface area (Å²) < 4.78 is 37.8. The van der Waals surface area contributed by atoms with Crippen molar-refractivity contribution in [3.63, 3.8) is 0 Å². The number of hydrogen-bond donors (Lipinski definition) is 2. The van der Waals surface area contributed by atoms with E-state index in [9.17, 15) is 27.6 Å². The van der Waals surface area contributed by atoms with Crippen LogP contribution in [0, 0.1) is 0 Å². The molecule has 104 valence electrons. The molecule has 1 aromatic heterocycles. The molecular formula is C10H10F3N3O3. The van der Waals surface area contributed by atoms with Crippen molar-refractivity contribution in [2.24, 2.45) is 0 Å². The second kappa shape index (κ2) is 5.55. The molecule has 6 nitrogen and oxygen atoms in total. The van der Waals surface area contributed by atoms with Crippen LogP contribution >= 0.6 is 0 Å². The summed E-state index contributed by atoms with van der Waals surface area (Å²) in [7, 11) is 1.26. The second-order valence-corrected chi connectivity index (χ2v) is 3.51. The number of hydrogen-bond acceptors (Lipinski definition) is 3. The largest absolute Gasteiger partial charge is 0.417 e. The quantitative estimate of drug-likeness (QED) is 0.817. The lowest BCUT2D eigenvalue weighted by Gasteiger charge is -2.10. The molecule has 0 unspecified atom stereocenters. The summed E-state index contributed by atoms with van der Waals surface area (Å²) in [5.74, 6) is -0.902. The van der Waals surface area contributed by atoms with Gasteiger partial charge >= 0.3 is 12.2 Å². The van der Waals surface area contributed by atoms with E-state index in [0.29, 0.717) is 22.9 Å². The highest BCUT2D eigenvalue weighted by atomic mass is 19.4. The first-order valence-electron chi connectivity index (χ1n) is 5.03. The fourth-order valence-corrected chi connectivity index (χ4v) is 1.21. The summed E-state index contributed by atoms with van der Waals surface area (Å²) >= 11 is 0. The lowest BCUT2D eigenvalue weighted by molar-refractivity contribution is -0.138. The Hall–Kier alpha value is -2.32. The van der Waals surface area contributed by atoms with Gasteiger partial charge < -0.3 is 9.88 Å². The number of urea groups is 1. The summed E-state index contributed by atoms with van der Waals surface area (Å²) in [6.07, 6.45) is -4.10. The fraction of sp³-hybridized carbons (Fsp3) is 0.300. The SMILES string of the molecule is CNC(=O)NC(=O)Cn1cc(C(F)(F)F)ccc1=O. The molecule has 0 bridgehead atoms. The lowest BCUT2D eigenvalue weighted by Crippen LogP contribution is -2.40. The minimum Gasteiger partial charge on any atom is -0.341 e. The van der Waals surface area contributed by atoms with Gasteiger partial charge in [-0.2, -0.15) is 13.2 Å². The maximum atomic E-state index is 12.4.